The summed E-state index contributed by atoms with van der Waals surface area (Å²) in [5, 5.41) is 9.73. The van der Waals surface area contributed by atoms with E-state index in [0.29, 0.717) is 6.79 Å². The van der Waals surface area contributed by atoms with Crippen LogP contribution >= 0.6 is 0 Å². The van der Waals surface area contributed by atoms with Crippen LogP contribution in [-0.2, 0) is 0 Å². The predicted octanol–water partition coefficient (Wildman–Crippen LogP) is 2.18. The summed E-state index contributed by atoms with van der Waals surface area (Å²) in [5.74, 6) is 2.39. The third-order valence-electron chi connectivity index (χ3n) is 4.21. The molecule has 0 spiro atoms. The summed E-state index contributed by atoms with van der Waals surface area (Å²) in [7, 11) is 0. The van der Waals surface area contributed by atoms with Crippen LogP contribution in [0.5, 0.6) is 11.5 Å². The fourth-order valence-electron chi connectivity index (χ4n) is 2.89. The van der Waals surface area contributed by atoms with Crippen molar-refractivity contribution >= 4 is 0 Å². The number of aliphatic hydroxyl groups excluding tert-OH is 1. The molecule has 1 aromatic rings. The minimum Gasteiger partial charge on any atom is -0.454 e. The second-order valence-corrected chi connectivity index (χ2v) is 5.53. The van der Waals surface area contributed by atoms with Crippen LogP contribution < -0.4 is 9.47 Å². The number of rotatable bonds is 3. The van der Waals surface area contributed by atoms with Crippen LogP contribution in [0.15, 0.2) is 18.2 Å². The largest absolute Gasteiger partial charge is 0.454 e. The molecule has 1 N–H and O–H groups in total. The molecule has 3 rings (SSSR count). The molecular formula is C15H21NO3. The van der Waals surface area contributed by atoms with Crippen LogP contribution in [0.4, 0.5) is 0 Å². The summed E-state index contributed by atoms with van der Waals surface area (Å²) in [6, 6.07) is 6.04. The molecule has 1 aromatic carbocycles. The van der Waals surface area contributed by atoms with Gasteiger partial charge in [0, 0.05) is 0 Å². The first kappa shape index (κ1) is 12.8. The molecule has 0 bridgehead atoms. The van der Waals surface area contributed by atoms with Crippen LogP contribution in [0.1, 0.15) is 31.4 Å². The van der Waals surface area contributed by atoms with E-state index in [1.165, 1.54) is 12.8 Å². The van der Waals surface area contributed by atoms with Gasteiger partial charge in [-0.25, -0.2) is 0 Å². The highest BCUT2D eigenvalue weighted by Crippen LogP contribution is 2.36. The molecule has 1 unspecified atom stereocenters. The monoisotopic (exact) mass is 263 g/mol. The van der Waals surface area contributed by atoms with Crippen LogP contribution in [0.3, 0.4) is 0 Å². The molecular weight excluding hydrogens is 242 g/mol. The highest BCUT2D eigenvalue weighted by atomic mass is 16.7. The van der Waals surface area contributed by atoms with Crippen molar-refractivity contribution in [1.82, 2.24) is 4.90 Å². The smallest absolute Gasteiger partial charge is 0.231 e. The van der Waals surface area contributed by atoms with Crippen LogP contribution in [0.2, 0.25) is 0 Å². The number of fused-ring (bicyclic) bond motifs is 1. The minimum atomic E-state index is 0.0713. The molecule has 0 radical (unpaired) electrons. The molecule has 1 atom stereocenters. The predicted molar refractivity (Wildman–Crippen MR) is 72.4 cm³/mol. The molecule has 1 saturated heterocycles. The molecule has 4 nitrogen and oxygen atoms in total. The van der Waals surface area contributed by atoms with Crippen molar-refractivity contribution in [2.75, 3.05) is 26.5 Å². The second kappa shape index (κ2) is 5.39. The zero-order valence-corrected chi connectivity index (χ0v) is 11.3. The van der Waals surface area contributed by atoms with Gasteiger partial charge < -0.3 is 14.6 Å². The maximum absolute atomic E-state index is 9.73. The Morgan fingerprint density at radius 2 is 2.00 bits per heavy atom. The maximum Gasteiger partial charge on any atom is 0.231 e. The lowest BCUT2D eigenvalue weighted by atomic mass is 9.96. The fraction of sp³-hybridized carbons (Fsp3) is 0.600. The number of ether oxygens (including phenoxy) is 2. The van der Waals surface area contributed by atoms with Crippen molar-refractivity contribution in [2.24, 2.45) is 5.92 Å². The van der Waals surface area contributed by atoms with Gasteiger partial charge in [0.2, 0.25) is 6.79 Å². The summed E-state index contributed by atoms with van der Waals surface area (Å²) in [4.78, 5) is 2.37. The van der Waals surface area contributed by atoms with E-state index in [9.17, 15) is 5.11 Å². The normalized spacial score (nSPS) is 21.6. The van der Waals surface area contributed by atoms with Gasteiger partial charge >= 0.3 is 0 Å². The molecule has 1 fully saturated rings. The molecule has 0 aromatic heterocycles. The number of piperidine rings is 1. The van der Waals surface area contributed by atoms with Crippen molar-refractivity contribution in [2.45, 2.75) is 25.8 Å². The van der Waals surface area contributed by atoms with E-state index >= 15 is 0 Å². The van der Waals surface area contributed by atoms with Crippen LogP contribution in [0, 0.1) is 5.92 Å². The Morgan fingerprint density at radius 3 is 2.74 bits per heavy atom. The molecule has 2 aliphatic rings. The average Bonchev–Trinajstić information content (AvgIpc) is 2.89. The van der Waals surface area contributed by atoms with E-state index in [-0.39, 0.29) is 12.6 Å². The fourth-order valence-corrected chi connectivity index (χ4v) is 2.89. The van der Waals surface area contributed by atoms with E-state index in [1.54, 1.807) is 0 Å². The molecule has 19 heavy (non-hydrogen) atoms. The van der Waals surface area contributed by atoms with E-state index < -0.39 is 0 Å². The van der Waals surface area contributed by atoms with Crippen LogP contribution in [-0.4, -0.2) is 36.5 Å². The van der Waals surface area contributed by atoms with E-state index in [1.807, 2.05) is 18.2 Å². The van der Waals surface area contributed by atoms with Crippen molar-refractivity contribution in [3.63, 3.8) is 0 Å². The summed E-state index contributed by atoms with van der Waals surface area (Å²) < 4.78 is 10.7. The quantitative estimate of drug-likeness (QED) is 0.907. The topological polar surface area (TPSA) is 41.9 Å². The first-order chi connectivity index (χ1) is 9.28. The van der Waals surface area contributed by atoms with Gasteiger partial charge in [-0.3, -0.25) is 4.90 Å². The minimum absolute atomic E-state index is 0.0713. The lowest BCUT2D eigenvalue weighted by Gasteiger charge is -2.36. The van der Waals surface area contributed by atoms with E-state index in [0.717, 1.165) is 36.1 Å². The van der Waals surface area contributed by atoms with Crippen LogP contribution in [0.25, 0.3) is 0 Å². The molecule has 2 heterocycles. The van der Waals surface area contributed by atoms with Crippen molar-refractivity contribution < 1.29 is 14.6 Å². The number of likely N-dealkylation sites (tertiary alicyclic amines) is 1. The van der Waals surface area contributed by atoms with Crippen molar-refractivity contribution in [3.8, 4) is 11.5 Å². The highest BCUT2D eigenvalue weighted by Gasteiger charge is 2.25. The van der Waals surface area contributed by atoms with Gasteiger partial charge in [-0.15, -0.1) is 0 Å². The first-order valence-corrected chi connectivity index (χ1v) is 7.02. The van der Waals surface area contributed by atoms with Gasteiger partial charge in [0.15, 0.2) is 11.5 Å². The van der Waals surface area contributed by atoms with Crippen molar-refractivity contribution in [1.29, 1.82) is 0 Å². The first-order valence-electron chi connectivity index (χ1n) is 7.02. The second-order valence-electron chi connectivity index (χ2n) is 5.53. The summed E-state index contributed by atoms with van der Waals surface area (Å²) in [6.07, 6.45) is 2.42. The molecule has 0 aliphatic carbocycles. The zero-order chi connectivity index (χ0) is 13.2. The number of hydrogen-bond acceptors (Lipinski definition) is 4. The molecule has 4 heteroatoms. The average molecular weight is 263 g/mol. The number of benzene rings is 1. The Balaban J connectivity index is 1.78. The van der Waals surface area contributed by atoms with Gasteiger partial charge in [0.05, 0.1) is 12.6 Å². The highest BCUT2D eigenvalue weighted by molar-refractivity contribution is 5.45. The number of aliphatic hydroxyl groups is 1. The van der Waals surface area contributed by atoms with Gasteiger partial charge in [-0.1, -0.05) is 13.0 Å². The third kappa shape index (κ3) is 2.55. The number of nitrogens with zero attached hydrogens (tertiary/aromatic N) is 1. The van der Waals surface area contributed by atoms with Gasteiger partial charge in [-0.2, -0.15) is 0 Å². The Kier molecular flexibility index (Phi) is 3.62. The van der Waals surface area contributed by atoms with E-state index in [4.69, 9.17) is 9.47 Å². The molecule has 2 aliphatic heterocycles. The van der Waals surface area contributed by atoms with E-state index in [2.05, 4.69) is 11.8 Å². The Hall–Kier alpha value is -1.26. The van der Waals surface area contributed by atoms with Crippen molar-refractivity contribution in [3.05, 3.63) is 23.8 Å². The summed E-state index contributed by atoms with van der Waals surface area (Å²) in [6.45, 7) is 4.85. The number of hydrogen-bond donors (Lipinski definition) is 1. The summed E-state index contributed by atoms with van der Waals surface area (Å²) in [5.41, 5.74) is 1.11. The third-order valence-corrected chi connectivity index (χ3v) is 4.21. The van der Waals surface area contributed by atoms with Gasteiger partial charge in [-0.05, 0) is 49.5 Å². The Bertz CT molecular complexity index is 441. The zero-order valence-electron chi connectivity index (χ0n) is 11.3. The Morgan fingerprint density at radius 1 is 1.26 bits per heavy atom. The molecule has 0 amide bonds. The van der Waals surface area contributed by atoms with Gasteiger partial charge in [0.25, 0.3) is 0 Å². The van der Waals surface area contributed by atoms with Gasteiger partial charge in [0.1, 0.15) is 0 Å². The Labute approximate surface area is 113 Å². The lowest BCUT2D eigenvalue weighted by molar-refractivity contribution is 0.0895. The molecule has 0 saturated carbocycles. The standard InChI is InChI=1S/C15H21NO3/c1-11-4-6-16(7-5-11)13(9-17)12-2-3-14-15(8-12)19-10-18-14/h2-3,8,11,13,17H,4-7,9-10H2,1H3. The summed E-state index contributed by atoms with van der Waals surface area (Å²) >= 11 is 0. The SMILES string of the molecule is CC1CCN(C(CO)c2ccc3c(c2)OCO3)CC1. The lowest BCUT2D eigenvalue weighted by Crippen LogP contribution is -2.37. The molecule has 104 valence electrons. The maximum atomic E-state index is 9.73.